The SMILES string of the molecule is Cc1ccc(NC(C)c2ccc(Br)s2)c(C)c1. The van der Waals surface area contributed by atoms with E-state index in [2.05, 4.69) is 72.3 Å². The summed E-state index contributed by atoms with van der Waals surface area (Å²) in [7, 11) is 0. The zero-order valence-electron chi connectivity index (χ0n) is 10.3. The highest BCUT2D eigenvalue weighted by Crippen LogP contribution is 2.30. The average Bonchev–Trinajstić information content (AvgIpc) is 2.69. The summed E-state index contributed by atoms with van der Waals surface area (Å²) in [6, 6.07) is 11.1. The second kappa shape index (κ2) is 5.23. The first kappa shape index (κ1) is 12.7. The lowest BCUT2D eigenvalue weighted by Gasteiger charge is -2.16. The van der Waals surface area contributed by atoms with Gasteiger partial charge in [-0.1, -0.05) is 17.7 Å². The molecule has 0 aliphatic carbocycles. The number of aryl methyl sites for hydroxylation is 2. The Hall–Kier alpha value is -0.800. The van der Waals surface area contributed by atoms with Crippen LogP contribution >= 0.6 is 27.3 Å². The Morgan fingerprint density at radius 2 is 1.94 bits per heavy atom. The van der Waals surface area contributed by atoms with E-state index < -0.39 is 0 Å². The quantitative estimate of drug-likeness (QED) is 0.811. The molecule has 0 bridgehead atoms. The van der Waals surface area contributed by atoms with Crippen molar-refractivity contribution < 1.29 is 0 Å². The Morgan fingerprint density at radius 1 is 1.18 bits per heavy atom. The molecule has 0 aliphatic heterocycles. The third-order valence-corrected chi connectivity index (χ3v) is 4.58. The van der Waals surface area contributed by atoms with Crippen molar-refractivity contribution in [1.82, 2.24) is 0 Å². The van der Waals surface area contributed by atoms with E-state index in [-0.39, 0.29) is 0 Å². The number of thiophene rings is 1. The maximum absolute atomic E-state index is 3.56. The monoisotopic (exact) mass is 309 g/mol. The van der Waals surface area contributed by atoms with Crippen molar-refractivity contribution in [2.45, 2.75) is 26.8 Å². The van der Waals surface area contributed by atoms with Gasteiger partial charge < -0.3 is 5.32 Å². The van der Waals surface area contributed by atoms with Crippen LogP contribution in [0.25, 0.3) is 0 Å². The molecule has 1 unspecified atom stereocenters. The van der Waals surface area contributed by atoms with E-state index in [1.807, 2.05) is 0 Å². The number of rotatable bonds is 3. The first-order valence-corrected chi connectivity index (χ1v) is 7.26. The maximum Gasteiger partial charge on any atom is 0.0702 e. The Labute approximate surface area is 115 Å². The maximum atomic E-state index is 3.56. The third-order valence-electron chi connectivity index (χ3n) is 2.77. The molecule has 3 heteroatoms. The summed E-state index contributed by atoms with van der Waals surface area (Å²) in [5.74, 6) is 0. The van der Waals surface area contributed by atoms with Crippen molar-refractivity contribution in [2.75, 3.05) is 5.32 Å². The van der Waals surface area contributed by atoms with Crippen molar-refractivity contribution in [3.63, 3.8) is 0 Å². The van der Waals surface area contributed by atoms with Crippen LogP contribution in [-0.4, -0.2) is 0 Å². The Bertz CT molecular complexity index is 519. The highest BCUT2D eigenvalue weighted by molar-refractivity contribution is 9.11. The molecular weight excluding hydrogens is 294 g/mol. The summed E-state index contributed by atoms with van der Waals surface area (Å²) >= 11 is 5.28. The molecule has 17 heavy (non-hydrogen) atoms. The fourth-order valence-corrected chi connectivity index (χ4v) is 3.27. The molecule has 0 aliphatic rings. The average molecular weight is 310 g/mol. The topological polar surface area (TPSA) is 12.0 Å². The van der Waals surface area contributed by atoms with Crippen LogP contribution in [0.1, 0.15) is 29.0 Å². The van der Waals surface area contributed by atoms with E-state index in [4.69, 9.17) is 0 Å². The fourth-order valence-electron chi connectivity index (χ4n) is 1.84. The van der Waals surface area contributed by atoms with E-state index >= 15 is 0 Å². The lowest BCUT2D eigenvalue weighted by Crippen LogP contribution is -2.06. The van der Waals surface area contributed by atoms with Crippen LogP contribution in [0.15, 0.2) is 34.1 Å². The van der Waals surface area contributed by atoms with Crippen molar-refractivity contribution in [3.05, 3.63) is 50.1 Å². The highest BCUT2D eigenvalue weighted by Gasteiger charge is 2.09. The van der Waals surface area contributed by atoms with Crippen molar-refractivity contribution in [2.24, 2.45) is 0 Å². The Kier molecular flexibility index (Phi) is 3.89. The molecule has 2 aromatic rings. The molecule has 1 N–H and O–H groups in total. The molecule has 0 radical (unpaired) electrons. The Morgan fingerprint density at radius 3 is 2.53 bits per heavy atom. The van der Waals surface area contributed by atoms with E-state index in [1.54, 1.807) is 11.3 Å². The van der Waals surface area contributed by atoms with Crippen LogP contribution in [0.3, 0.4) is 0 Å². The summed E-state index contributed by atoms with van der Waals surface area (Å²) in [5, 5.41) is 3.56. The van der Waals surface area contributed by atoms with Crippen LogP contribution in [0, 0.1) is 13.8 Å². The second-order valence-electron chi connectivity index (χ2n) is 4.33. The van der Waals surface area contributed by atoms with Gasteiger partial charge in [0.15, 0.2) is 0 Å². The molecule has 1 atom stereocenters. The largest absolute Gasteiger partial charge is 0.377 e. The number of anilines is 1. The molecule has 1 nitrogen and oxygen atoms in total. The Balaban J connectivity index is 2.15. The zero-order valence-corrected chi connectivity index (χ0v) is 12.7. The van der Waals surface area contributed by atoms with Crippen molar-refractivity contribution in [1.29, 1.82) is 0 Å². The summed E-state index contributed by atoms with van der Waals surface area (Å²) < 4.78 is 1.18. The molecule has 1 heterocycles. The van der Waals surface area contributed by atoms with Gasteiger partial charge in [-0.05, 0) is 60.5 Å². The van der Waals surface area contributed by atoms with Gasteiger partial charge in [-0.15, -0.1) is 11.3 Å². The van der Waals surface area contributed by atoms with E-state index in [0.717, 1.165) is 0 Å². The molecule has 0 fully saturated rings. The number of halogens is 1. The van der Waals surface area contributed by atoms with Crippen LogP contribution in [0.5, 0.6) is 0 Å². The standard InChI is InChI=1S/C14H16BrNS/c1-9-4-5-12(10(2)8-9)16-11(3)13-6-7-14(15)17-13/h4-8,11,16H,1-3H3. The predicted molar refractivity (Wildman–Crippen MR) is 80.0 cm³/mol. The summed E-state index contributed by atoms with van der Waals surface area (Å²) in [6.07, 6.45) is 0. The fraction of sp³-hybridized carbons (Fsp3) is 0.286. The molecule has 1 aromatic carbocycles. The number of hydrogen-bond donors (Lipinski definition) is 1. The number of nitrogens with one attached hydrogen (secondary N) is 1. The molecule has 0 saturated heterocycles. The van der Waals surface area contributed by atoms with Crippen LogP contribution in [-0.2, 0) is 0 Å². The summed E-state index contributed by atoms with van der Waals surface area (Å²) in [4.78, 5) is 1.34. The van der Waals surface area contributed by atoms with Crippen molar-refractivity contribution >= 4 is 33.0 Å². The van der Waals surface area contributed by atoms with Gasteiger partial charge in [-0.25, -0.2) is 0 Å². The van der Waals surface area contributed by atoms with Crippen LogP contribution < -0.4 is 5.32 Å². The minimum absolute atomic E-state index is 0.340. The predicted octanol–water partition coefficient (Wildman–Crippen LogP) is 5.30. The third kappa shape index (κ3) is 3.11. The minimum Gasteiger partial charge on any atom is -0.377 e. The van der Waals surface area contributed by atoms with Crippen LogP contribution in [0.4, 0.5) is 5.69 Å². The van der Waals surface area contributed by atoms with Gasteiger partial charge in [0.05, 0.1) is 9.83 Å². The normalized spacial score (nSPS) is 12.5. The first-order chi connectivity index (χ1) is 8.06. The van der Waals surface area contributed by atoms with E-state index in [9.17, 15) is 0 Å². The molecule has 0 amide bonds. The summed E-state index contributed by atoms with van der Waals surface area (Å²) in [5.41, 5.74) is 3.82. The van der Waals surface area contributed by atoms with E-state index in [1.165, 1.54) is 25.5 Å². The lowest BCUT2D eigenvalue weighted by atomic mass is 10.1. The molecular formula is C14H16BrNS. The highest BCUT2D eigenvalue weighted by atomic mass is 79.9. The van der Waals surface area contributed by atoms with E-state index in [0.29, 0.717) is 6.04 Å². The van der Waals surface area contributed by atoms with Gasteiger partial charge >= 0.3 is 0 Å². The van der Waals surface area contributed by atoms with Gasteiger partial charge in [-0.3, -0.25) is 0 Å². The van der Waals surface area contributed by atoms with Gasteiger partial charge in [0.2, 0.25) is 0 Å². The number of hydrogen-bond acceptors (Lipinski definition) is 2. The zero-order chi connectivity index (χ0) is 12.4. The molecule has 2 rings (SSSR count). The van der Waals surface area contributed by atoms with Gasteiger partial charge in [0.25, 0.3) is 0 Å². The minimum atomic E-state index is 0.340. The molecule has 0 spiro atoms. The van der Waals surface area contributed by atoms with Crippen molar-refractivity contribution in [3.8, 4) is 0 Å². The summed E-state index contributed by atoms with van der Waals surface area (Å²) in [6.45, 7) is 6.46. The van der Waals surface area contributed by atoms with Gasteiger partial charge in [0.1, 0.15) is 0 Å². The first-order valence-electron chi connectivity index (χ1n) is 5.65. The number of benzene rings is 1. The molecule has 90 valence electrons. The second-order valence-corrected chi connectivity index (χ2v) is 6.82. The smallest absolute Gasteiger partial charge is 0.0702 e. The molecule has 1 aromatic heterocycles. The lowest BCUT2D eigenvalue weighted by molar-refractivity contribution is 0.905. The van der Waals surface area contributed by atoms with Crippen LogP contribution in [0.2, 0.25) is 0 Å². The molecule has 0 saturated carbocycles. The van der Waals surface area contributed by atoms with Gasteiger partial charge in [0, 0.05) is 10.6 Å². The van der Waals surface area contributed by atoms with Gasteiger partial charge in [-0.2, -0.15) is 0 Å².